The van der Waals surface area contributed by atoms with E-state index < -0.39 is 0 Å². The lowest BCUT2D eigenvalue weighted by atomic mass is 9.85. The highest BCUT2D eigenvalue weighted by atomic mass is 16.2. The predicted molar refractivity (Wildman–Crippen MR) is 93.4 cm³/mol. The third kappa shape index (κ3) is 4.61. The normalized spacial score (nSPS) is 28.7. The van der Waals surface area contributed by atoms with Crippen molar-refractivity contribution >= 4 is 11.9 Å². The highest BCUT2D eigenvalue weighted by molar-refractivity contribution is 5.85. The molecule has 1 saturated heterocycles. The van der Waals surface area contributed by atoms with Gasteiger partial charge in [0.2, 0.25) is 5.91 Å². The van der Waals surface area contributed by atoms with Gasteiger partial charge in [0.15, 0.2) is 5.96 Å². The molecule has 2 unspecified atom stereocenters. The van der Waals surface area contributed by atoms with Crippen molar-refractivity contribution in [2.24, 2.45) is 16.8 Å². The highest BCUT2D eigenvalue weighted by Gasteiger charge is 2.43. The maximum absolute atomic E-state index is 12.1. The minimum Gasteiger partial charge on any atom is -0.357 e. The van der Waals surface area contributed by atoms with Gasteiger partial charge in [-0.05, 0) is 38.0 Å². The van der Waals surface area contributed by atoms with E-state index in [4.69, 9.17) is 0 Å². The summed E-state index contributed by atoms with van der Waals surface area (Å²) in [7, 11) is 0. The lowest BCUT2D eigenvalue weighted by Crippen LogP contribution is -2.40. The summed E-state index contributed by atoms with van der Waals surface area (Å²) in [6.45, 7) is 5.00. The van der Waals surface area contributed by atoms with Crippen LogP contribution in [0.5, 0.6) is 0 Å². The largest absolute Gasteiger partial charge is 0.357 e. The molecule has 0 radical (unpaired) electrons. The fraction of sp³-hybridized carbons (Fsp3) is 0.889. The first-order valence-corrected chi connectivity index (χ1v) is 9.60. The molecule has 0 aromatic heterocycles. The number of aliphatic imine (C=N–C) groups is 1. The average molecular weight is 320 g/mol. The lowest BCUT2D eigenvalue weighted by molar-refractivity contribution is -0.128. The maximum Gasteiger partial charge on any atom is 0.244 e. The first kappa shape index (κ1) is 16.6. The molecule has 3 fully saturated rings. The molecule has 0 aromatic carbocycles. The molecule has 3 rings (SSSR count). The van der Waals surface area contributed by atoms with Crippen LogP contribution in [-0.2, 0) is 4.79 Å². The quantitative estimate of drug-likeness (QED) is 0.603. The van der Waals surface area contributed by atoms with Crippen molar-refractivity contribution in [1.82, 2.24) is 15.5 Å². The van der Waals surface area contributed by atoms with Crippen molar-refractivity contribution in [2.75, 3.05) is 26.2 Å². The zero-order valence-electron chi connectivity index (χ0n) is 14.5. The molecule has 5 heteroatoms. The number of likely N-dealkylation sites (tertiary alicyclic amines) is 1. The smallest absolute Gasteiger partial charge is 0.244 e. The predicted octanol–water partition coefficient (Wildman–Crippen LogP) is 2.13. The maximum atomic E-state index is 12.1. The molecule has 1 heterocycles. The molecule has 130 valence electrons. The van der Waals surface area contributed by atoms with Crippen molar-refractivity contribution in [3.05, 3.63) is 0 Å². The molecule has 0 aromatic rings. The minimum atomic E-state index is 0.166. The van der Waals surface area contributed by atoms with Gasteiger partial charge >= 0.3 is 0 Å². The van der Waals surface area contributed by atoms with Crippen LogP contribution < -0.4 is 10.6 Å². The molecule has 2 atom stereocenters. The van der Waals surface area contributed by atoms with Crippen LogP contribution in [0.4, 0.5) is 0 Å². The molecule has 2 N–H and O–H groups in total. The Morgan fingerprint density at radius 1 is 1.13 bits per heavy atom. The van der Waals surface area contributed by atoms with Crippen LogP contribution in [-0.4, -0.2) is 49.0 Å². The first-order valence-electron chi connectivity index (χ1n) is 9.60. The summed E-state index contributed by atoms with van der Waals surface area (Å²) in [5.74, 6) is 2.73. The number of amides is 1. The van der Waals surface area contributed by atoms with Gasteiger partial charge in [-0.3, -0.25) is 4.79 Å². The molecule has 2 aliphatic carbocycles. The Balaban J connectivity index is 1.46. The molecular formula is C18H32N4O. The summed E-state index contributed by atoms with van der Waals surface area (Å²) in [4.78, 5) is 18.6. The van der Waals surface area contributed by atoms with Crippen LogP contribution >= 0.6 is 0 Å². The lowest BCUT2D eigenvalue weighted by Gasteiger charge is -2.22. The van der Waals surface area contributed by atoms with E-state index in [9.17, 15) is 4.79 Å². The zero-order chi connectivity index (χ0) is 16.1. The number of hydrogen-bond donors (Lipinski definition) is 2. The Morgan fingerprint density at radius 2 is 1.87 bits per heavy atom. The summed E-state index contributed by atoms with van der Waals surface area (Å²) < 4.78 is 0. The summed E-state index contributed by atoms with van der Waals surface area (Å²) in [5.41, 5.74) is 0. The second-order valence-electron chi connectivity index (χ2n) is 7.33. The van der Waals surface area contributed by atoms with E-state index in [1.165, 1.54) is 38.5 Å². The third-order valence-electron chi connectivity index (χ3n) is 5.59. The van der Waals surface area contributed by atoms with E-state index in [0.717, 1.165) is 50.3 Å². The van der Waals surface area contributed by atoms with Crippen molar-refractivity contribution in [3.8, 4) is 0 Å². The molecule has 0 spiro atoms. The van der Waals surface area contributed by atoms with Gasteiger partial charge in [0, 0.05) is 25.7 Å². The number of guanidine groups is 1. The first-order chi connectivity index (χ1) is 11.3. The summed E-state index contributed by atoms with van der Waals surface area (Å²) >= 11 is 0. The Kier molecular flexibility index (Phi) is 5.79. The fourth-order valence-corrected chi connectivity index (χ4v) is 4.17. The molecule has 1 aliphatic heterocycles. The molecular weight excluding hydrogens is 288 g/mol. The monoisotopic (exact) mass is 320 g/mol. The number of carbonyl (C=O) groups excluding carboxylic acids is 1. The standard InChI is InChI=1S/C18H32N4O/c1-2-19-18(20-13-17(23)22-10-6-7-11-22)21-16-12-15(16)14-8-4-3-5-9-14/h14-16H,2-13H2,1H3,(H2,19,20,21). The van der Waals surface area contributed by atoms with Crippen molar-refractivity contribution in [1.29, 1.82) is 0 Å². The van der Waals surface area contributed by atoms with E-state index in [0.29, 0.717) is 6.04 Å². The Bertz CT molecular complexity index is 425. The van der Waals surface area contributed by atoms with Crippen LogP contribution in [0.15, 0.2) is 4.99 Å². The molecule has 5 nitrogen and oxygen atoms in total. The van der Waals surface area contributed by atoms with Crippen LogP contribution in [0.1, 0.15) is 58.3 Å². The number of nitrogens with zero attached hydrogens (tertiary/aromatic N) is 2. The van der Waals surface area contributed by atoms with E-state index in [1.807, 2.05) is 4.90 Å². The molecule has 23 heavy (non-hydrogen) atoms. The van der Waals surface area contributed by atoms with Gasteiger partial charge in [0.1, 0.15) is 6.54 Å². The summed E-state index contributed by atoms with van der Waals surface area (Å²) in [6, 6.07) is 0.567. The molecule has 3 aliphatic rings. The summed E-state index contributed by atoms with van der Waals surface area (Å²) in [6.07, 6.45) is 10.6. The van der Waals surface area contributed by atoms with Gasteiger partial charge < -0.3 is 15.5 Å². The second-order valence-corrected chi connectivity index (χ2v) is 7.33. The van der Waals surface area contributed by atoms with Crippen LogP contribution in [0.2, 0.25) is 0 Å². The van der Waals surface area contributed by atoms with Gasteiger partial charge in [-0.2, -0.15) is 0 Å². The Morgan fingerprint density at radius 3 is 2.57 bits per heavy atom. The number of carbonyl (C=O) groups is 1. The van der Waals surface area contributed by atoms with Gasteiger partial charge in [-0.25, -0.2) is 4.99 Å². The van der Waals surface area contributed by atoms with Gasteiger partial charge in [0.25, 0.3) is 0 Å². The minimum absolute atomic E-state index is 0.166. The van der Waals surface area contributed by atoms with Gasteiger partial charge in [-0.1, -0.05) is 32.1 Å². The van der Waals surface area contributed by atoms with E-state index >= 15 is 0 Å². The summed E-state index contributed by atoms with van der Waals surface area (Å²) in [5, 5.41) is 6.84. The van der Waals surface area contributed by atoms with E-state index in [1.54, 1.807) is 0 Å². The average Bonchev–Trinajstić information content (AvgIpc) is 3.12. The van der Waals surface area contributed by atoms with Crippen molar-refractivity contribution < 1.29 is 4.79 Å². The van der Waals surface area contributed by atoms with E-state index in [-0.39, 0.29) is 12.5 Å². The fourth-order valence-electron chi connectivity index (χ4n) is 4.17. The Hall–Kier alpha value is -1.26. The van der Waals surface area contributed by atoms with Gasteiger partial charge in [-0.15, -0.1) is 0 Å². The second kappa shape index (κ2) is 8.02. The molecule has 2 saturated carbocycles. The van der Waals surface area contributed by atoms with Crippen molar-refractivity contribution in [3.63, 3.8) is 0 Å². The van der Waals surface area contributed by atoms with Crippen LogP contribution in [0.25, 0.3) is 0 Å². The highest BCUT2D eigenvalue weighted by Crippen LogP contribution is 2.44. The topological polar surface area (TPSA) is 56.7 Å². The zero-order valence-corrected chi connectivity index (χ0v) is 14.5. The number of nitrogens with one attached hydrogen (secondary N) is 2. The third-order valence-corrected chi connectivity index (χ3v) is 5.59. The van der Waals surface area contributed by atoms with Crippen LogP contribution in [0.3, 0.4) is 0 Å². The number of hydrogen-bond acceptors (Lipinski definition) is 2. The molecule has 0 bridgehead atoms. The van der Waals surface area contributed by atoms with Crippen molar-refractivity contribution in [2.45, 2.75) is 64.3 Å². The SMILES string of the molecule is CCNC(=NCC(=O)N1CCCC1)NC1CC1C1CCCCC1. The van der Waals surface area contributed by atoms with Crippen LogP contribution in [0, 0.1) is 11.8 Å². The Labute approximate surface area is 140 Å². The van der Waals surface area contributed by atoms with E-state index in [2.05, 4.69) is 22.5 Å². The van der Waals surface area contributed by atoms with Gasteiger partial charge in [0.05, 0.1) is 0 Å². The number of rotatable bonds is 5. The molecule has 1 amide bonds.